The van der Waals surface area contributed by atoms with E-state index in [9.17, 15) is 4.79 Å². The Hall–Kier alpha value is -1.31. The molecule has 0 radical (unpaired) electrons. The molecule has 0 bridgehead atoms. The molecule has 0 aliphatic rings. The highest BCUT2D eigenvalue weighted by molar-refractivity contribution is 14.1. The van der Waals surface area contributed by atoms with E-state index in [4.69, 9.17) is 9.25 Å². The monoisotopic (exact) mass is 360 g/mol. The summed E-state index contributed by atoms with van der Waals surface area (Å²) in [5.74, 6) is 0. The lowest BCUT2D eigenvalue weighted by atomic mass is 10.2. The minimum Gasteiger partial charge on any atom is -0.423 e. The molecule has 96 valence electrons. The molecule has 2 aromatic rings. The third-order valence-electron chi connectivity index (χ3n) is 2.47. The normalized spacial score (nSPS) is 12.1. The third-order valence-corrected chi connectivity index (χ3v) is 3.14. The Labute approximate surface area is 117 Å². The van der Waals surface area contributed by atoms with Crippen LogP contribution in [0.15, 0.2) is 32.6 Å². The molecule has 1 heterocycles. The summed E-state index contributed by atoms with van der Waals surface area (Å²) >= 11 is 2.17. The maximum Gasteiger partial charge on any atom is 0.339 e. The lowest BCUT2D eigenvalue weighted by Gasteiger charge is -2.05. The molecule has 0 fully saturated rings. The van der Waals surface area contributed by atoms with E-state index in [1.54, 1.807) is 6.07 Å². The average Bonchev–Trinajstić information content (AvgIpc) is 2.35. The van der Waals surface area contributed by atoms with E-state index < -0.39 is 0 Å². The maximum atomic E-state index is 12.4. The summed E-state index contributed by atoms with van der Waals surface area (Å²) in [6.45, 7) is 2.54. The van der Waals surface area contributed by atoms with Crippen molar-refractivity contribution in [1.29, 1.82) is 0 Å². The molecule has 0 saturated heterocycles. The van der Waals surface area contributed by atoms with Crippen molar-refractivity contribution >= 4 is 33.6 Å². The maximum absolute atomic E-state index is 12.4. The van der Waals surface area contributed by atoms with E-state index in [2.05, 4.69) is 27.7 Å². The fraction of sp³-hybridized carbons (Fsp3) is 0.333. The smallest absolute Gasteiger partial charge is 0.339 e. The number of fused-ring (bicyclic) bond motifs is 1. The first kappa shape index (κ1) is 13.1. The number of halogens is 1. The Balaban J connectivity index is 2.86. The van der Waals surface area contributed by atoms with Crippen LogP contribution in [0.2, 0.25) is 0 Å². The van der Waals surface area contributed by atoms with Gasteiger partial charge in [0.05, 0.1) is 5.39 Å². The molecule has 0 saturated carbocycles. The predicted octanol–water partition coefficient (Wildman–Crippen LogP) is 2.07. The summed E-state index contributed by atoms with van der Waals surface area (Å²) in [5, 5.41) is 4.31. The quantitative estimate of drug-likeness (QED) is 0.622. The van der Waals surface area contributed by atoms with Crippen LogP contribution in [0.3, 0.4) is 0 Å². The molecule has 0 atom stereocenters. The van der Waals surface area contributed by atoms with Crippen LogP contribution in [-0.2, 0) is 11.4 Å². The Bertz CT molecular complexity index is 688. The van der Waals surface area contributed by atoms with Crippen molar-refractivity contribution in [3.05, 3.63) is 37.8 Å². The first-order chi connectivity index (χ1) is 8.67. The van der Waals surface area contributed by atoms with E-state index in [0.29, 0.717) is 17.5 Å². The van der Waals surface area contributed by atoms with Gasteiger partial charge in [-0.2, -0.15) is 0 Å². The van der Waals surface area contributed by atoms with Crippen LogP contribution in [0.25, 0.3) is 11.0 Å². The van der Waals surface area contributed by atoms with Gasteiger partial charge in [0.2, 0.25) is 0 Å². The number of aromatic nitrogens is 1. The lowest BCUT2D eigenvalue weighted by molar-refractivity contribution is 0.175. The van der Waals surface area contributed by atoms with Gasteiger partial charge in [0, 0.05) is 10.1 Å². The second kappa shape index (κ2) is 5.55. The first-order valence-electron chi connectivity index (χ1n) is 5.57. The molecule has 0 N–H and O–H groups in total. The first-order valence-corrected chi connectivity index (χ1v) is 6.65. The highest BCUT2D eigenvalue weighted by atomic mass is 127. The fourth-order valence-electron chi connectivity index (χ4n) is 1.71. The highest BCUT2D eigenvalue weighted by Gasteiger charge is 2.08. The lowest BCUT2D eigenvalue weighted by Crippen LogP contribution is -2.33. The van der Waals surface area contributed by atoms with Gasteiger partial charge in [0.1, 0.15) is 12.7 Å². The molecular formula is C12H13IN2O3. The molecule has 18 heavy (non-hydrogen) atoms. The minimum atomic E-state index is -0.104. The van der Waals surface area contributed by atoms with Crippen molar-refractivity contribution in [2.45, 2.75) is 19.9 Å². The van der Waals surface area contributed by atoms with Gasteiger partial charge in [0.15, 0.2) is 0 Å². The summed E-state index contributed by atoms with van der Waals surface area (Å²) in [5.41, 5.74) is 0.606. The Kier molecular flexibility index (Phi) is 4.05. The number of hydrogen-bond donors (Lipinski definition) is 0. The topological polar surface area (TPSA) is 56.7 Å². The second-order valence-electron chi connectivity index (χ2n) is 3.76. The Morgan fingerprint density at radius 2 is 2.28 bits per heavy atom. The number of benzene rings is 1. The molecule has 6 heteroatoms. The summed E-state index contributed by atoms with van der Waals surface area (Å²) in [6.07, 6.45) is 0.817. The van der Waals surface area contributed by atoms with Crippen molar-refractivity contribution in [3.8, 4) is 0 Å². The highest BCUT2D eigenvalue weighted by Crippen LogP contribution is 2.12. The zero-order chi connectivity index (χ0) is 13.1. The number of hydrogen-bond acceptors (Lipinski definition) is 4. The van der Waals surface area contributed by atoms with Crippen molar-refractivity contribution in [1.82, 2.24) is 4.57 Å². The van der Waals surface area contributed by atoms with E-state index in [1.165, 1.54) is 11.7 Å². The minimum absolute atomic E-state index is 0.104. The predicted molar refractivity (Wildman–Crippen MR) is 76.1 cm³/mol. The molecule has 0 amide bonds. The van der Waals surface area contributed by atoms with Crippen LogP contribution < -0.4 is 11.2 Å². The molecule has 0 aliphatic carbocycles. The standard InChI is InChI=1S/C12H13IN2O3/c1-3-6-15-11(16)9-7-8(13)4-5-10(9)18-12(15)14-17-2/h4-5,7H,3,6H2,1-2H3/b14-12+. The van der Waals surface area contributed by atoms with Crippen molar-refractivity contribution in [2.24, 2.45) is 5.16 Å². The molecule has 0 aliphatic heterocycles. The van der Waals surface area contributed by atoms with Gasteiger partial charge >= 0.3 is 5.68 Å². The Morgan fingerprint density at radius 3 is 2.94 bits per heavy atom. The van der Waals surface area contributed by atoms with Crippen LogP contribution in [0.1, 0.15) is 13.3 Å². The van der Waals surface area contributed by atoms with Crippen LogP contribution in [0.5, 0.6) is 0 Å². The van der Waals surface area contributed by atoms with E-state index >= 15 is 0 Å². The number of nitrogens with zero attached hydrogens (tertiary/aromatic N) is 2. The zero-order valence-corrected chi connectivity index (χ0v) is 12.3. The summed E-state index contributed by atoms with van der Waals surface area (Å²) in [7, 11) is 1.43. The van der Waals surface area contributed by atoms with Crippen molar-refractivity contribution < 1.29 is 9.25 Å². The number of rotatable bonds is 3. The van der Waals surface area contributed by atoms with Crippen molar-refractivity contribution in [2.75, 3.05) is 7.11 Å². The van der Waals surface area contributed by atoms with E-state index in [1.807, 2.05) is 19.1 Å². The fourth-order valence-corrected chi connectivity index (χ4v) is 2.20. The van der Waals surface area contributed by atoms with E-state index in [0.717, 1.165) is 9.99 Å². The van der Waals surface area contributed by atoms with Crippen LogP contribution in [0, 0.1) is 3.57 Å². The molecule has 0 spiro atoms. The van der Waals surface area contributed by atoms with Gasteiger partial charge < -0.3 is 9.25 Å². The van der Waals surface area contributed by atoms with Crippen molar-refractivity contribution in [3.63, 3.8) is 0 Å². The van der Waals surface area contributed by atoms with Crippen LogP contribution >= 0.6 is 22.6 Å². The van der Waals surface area contributed by atoms with Crippen LogP contribution in [-0.4, -0.2) is 11.7 Å². The SMILES string of the molecule is CCCn1c(=O)c2cc(I)ccc2o/c1=N/OC. The van der Waals surface area contributed by atoms with Gasteiger partial charge in [-0.1, -0.05) is 6.92 Å². The van der Waals surface area contributed by atoms with Gasteiger partial charge in [0.25, 0.3) is 5.56 Å². The summed E-state index contributed by atoms with van der Waals surface area (Å²) in [4.78, 5) is 17.1. The molecule has 0 unspecified atom stereocenters. The van der Waals surface area contributed by atoms with Gasteiger partial charge in [-0.15, -0.1) is 0 Å². The molecular weight excluding hydrogens is 347 g/mol. The second-order valence-corrected chi connectivity index (χ2v) is 5.00. The van der Waals surface area contributed by atoms with E-state index in [-0.39, 0.29) is 11.2 Å². The summed E-state index contributed by atoms with van der Waals surface area (Å²) < 4.78 is 8.07. The van der Waals surface area contributed by atoms with Gasteiger partial charge in [-0.05, 0) is 52.4 Å². The molecule has 1 aromatic heterocycles. The zero-order valence-electron chi connectivity index (χ0n) is 10.1. The largest absolute Gasteiger partial charge is 0.423 e. The molecule has 5 nitrogen and oxygen atoms in total. The van der Waals surface area contributed by atoms with Gasteiger partial charge in [-0.25, -0.2) is 0 Å². The third kappa shape index (κ3) is 2.43. The molecule has 1 aromatic carbocycles. The molecule has 2 rings (SSSR count). The average molecular weight is 360 g/mol. The van der Waals surface area contributed by atoms with Gasteiger partial charge in [-0.3, -0.25) is 9.36 Å². The van der Waals surface area contributed by atoms with Crippen LogP contribution in [0.4, 0.5) is 0 Å². The summed E-state index contributed by atoms with van der Waals surface area (Å²) in [6, 6.07) is 5.46. The Morgan fingerprint density at radius 1 is 1.50 bits per heavy atom.